The van der Waals surface area contributed by atoms with E-state index in [4.69, 9.17) is 11.5 Å². The average molecular weight is 284 g/mol. The van der Waals surface area contributed by atoms with Crippen molar-refractivity contribution in [3.05, 3.63) is 0 Å². The molecule has 5 N–H and O–H groups in total. The Morgan fingerprint density at radius 2 is 1.60 bits per heavy atom. The molecule has 0 heterocycles. The van der Waals surface area contributed by atoms with Gasteiger partial charge in [-0.3, -0.25) is 0 Å². The molecule has 120 valence electrons. The lowest BCUT2D eigenvalue weighted by Crippen LogP contribution is -2.42. The lowest BCUT2D eigenvalue weighted by molar-refractivity contribution is -0.00501. The first kappa shape index (κ1) is 17.9. The summed E-state index contributed by atoms with van der Waals surface area (Å²) in [4.78, 5) is 0. The fourth-order valence-corrected chi connectivity index (χ4v) is 4.16. The van der Waals surface area contributed by atoms with Crippen molar-refractivity contribution in [3.63, 3.8) is 0 Å². The van der Waals surface area contributed by atoms with Gasteiger partial charge in [-0.2, -0.15) is 0 Å². The molecular formula is C17H36N2O. The largest absolute Gasteiger partial charge is 0.393 e. The van der Waals surface area contributed by atoms with Crippen molar-refractivity contribution >= 4 is 0 Å². The molecule has 0 amide bonds. The Labute approximate surface area is 125 Å². The van der Waals surface area contributed by atoms with Crippen LogP contribution in [0.4, 0.5) is 0 Å². The molecule has 20 heavy (non-hydrogen) atoms. The predicted molar refractivity (Wildman–Crippen MR) is 86.4 cm³/mol. The summed E-state index contributed by atoms with van der Waals surface area (Å²) < 4.78 is 0. The zero-order valence-electron chi connectivity index (χ0n) is 13.8. The Hall–Kier alpha value is -0.120. The number of hydrogen-bond donors (Lipinski definition) is 3. The number of hydrogen-bond acceptors (Lipinski definition) is 3. The number of nitrogens with two attached hydrogens (primary N) is 2. The van der Waals surface area contributed by atoms with Crippen LogP contribution in [-0.4, -0.2) is 24.3 Å². The van der Waals surface area contributed by atoms with Gasteiger partial charge in [-0.15, -0.1) is 0 Å². The Kier molecular flexibility index (Phi) is 6.96. The zero-order chi connectivity index (χ0) is 15.2. The highest BCUT2D eigenvalue weighted by atomic mass is 16.3. The van der Waals surface area contributed by atoms with Crippen molar-refractivity contribution < 1.29 is 5.11 Å². The van der Waals surface area contributed by atoms with Crippen molar-refractivity contribution in [2.45, 2.75) is 78.2 Å². The maximum atomic E-state index is 9.66. The van der Waals surface area contributed by atoms with Crippen LogP contribution in [0.2, 0.25) is 0 Å². The van der Waals surface area contributed by atoms with Crippen molar-refractivity contribution in [2.24, 2.45) is 28.2 Å². The molecule has 2 atom stereocenters. The minimum Gasteiger partial charge on any atom is -0.393 e. The van der Waals surface area contributed by atoms with E-state index in [1.165, 1.54) is 32.1 Å². The molecule has 0 aromatic carbocycles. The quantitative estimate of drug-likeness (QED) is 0.730. The zero-order valence-corrected chi connectivity index (χ0v) is 13.8. The predicted octanol–water partition coefficient (Wildman–Crippen LogP) is 3.05. The Morgan fingerprint density at radius 3 is 2.00 bits per heavy atom. The van der Waals surface area contributed by atoms with E-state index in [-0.39, 0.29) is 16.9 Å². The first-order valence-electron chi connectivity index (χ1n) is 8.38. The molecule has 2 aliphatic carbocycles. The highest BCUT2D eigenvalue weighted by molar-refractivity contribution is 4.91. The molecule has 0 aromatic rings. The summed E-state index contributed by atoms with van der Waals surface area (Å²) in [6.45, 7) is 8.21. The van der Waals surface area contributed by atoms with Crippen LogP contribution >= 0.6 is 0 Å². The second-order valence-electron chi connectivity index (χ2n) is 8.16. The number of aliphatic hydroxyl groups is 1. The maximum Gasteiger partial charge on any atom is 0.0551 e. The molecular weight excluding hydrogens is 248 g/mol. The molecule has 2 fully saturated rings. The normalized spacial score (nSPS) is 34.2. The standard InChI is InChI=1S/C10H21NO.C7H15N/c1-9(2)4-8(12)5-10(3,6-9)7-11;8-6-7-4-2-1-3-5-7/h8,12H,4-7,11H2,1-3H3;7H,1-6,8H2. The summed E-state index contributed by atoms with van der Waals surface area (Å²) in [6.07, 6.45) is 9.82. The van der Waals surface area contributed by atoms with Crippen LogP contribution in [0.1, 0.15) is 72.1 Å². The van der Waals surface area contributed by atoms with Crippen LogP contribution < -0.4 is 11.5 Å². The molecule has 0 radical (unpaired) electrons. The van der Waals surface area contributed by atoms with Gasteiger partial charge >= 0.3 is 0 Å². The minimum atomic E-state index is -0.151. The highest BCUT2D eigenvalue weighted by Crippen LogP contribution is 2.45. The second-order valence-corrected chi connectivity index (χ2v) is 8.16. The number of aliphatic hydroxyl groups excluding tert-OH is 1. The summed E-state index contributed by atoms with van der Waals surface area (Å²) in [6, 6.07) is 0. The van der Waals surface area contributed by atoms with Crippen LogP contribution in [0.5, 0.6) is 0 Å². The lowest BCUT2D eigenvalue weighted by Gasteiger charge is -2.44. The van der Waals surface area contributed by atoms with E-state index in [2.05, 4.69) is 20.8 Å². The molecule has 2 rings (SSSR count). The molecule has 3 nitrogen and oxygen atoms in total. The highest BCUT2D eigenvalue weighted by Gasteiger charge is 2.39. The van der Waals surface area contributed by atoms with Gasteiger partial charge in [-0.25, -0.2) is 0 Å². The van der Waals surface area contributed by atoms with Crippen LogP contribution in [0, 0.1) is 16.7 Å². The van der Waals surface area contributed by atoms with Gasteiger partial charge in [0.25, 0.3) is 0 Å². The van der Waals surface area contributed by atoms with E-state index in [0.717, 1.165) is 31.7 Å². The smallest absolute Gasteiger partial charge is 0.0551 e. The van der Waals surface area contributed by atoms with Gasteiger partial charge in [0.2, 0.25) is 0 Å². The van der Waals surface area contributed by atoms with Gasteiger partial charge in [-0.05, 0) is 61.9 Å². The van der Waals surface area contributed by atoms with E-state index < -0.39 is 0 Å². The van der Waals surface area contributed by atoms with Gasteiger partial charge in [0.1, 0.15) is 0 Å². The molecule has 0 saturated heterocycles. The van der Waals surface area contributed by atoms with Crippen LogP contribution in [0.25, 0.3) is 0 Å². The lowest BCUT2D eigenvalue weighted by atomic mass is 9.63. The Balaban J connectivity index is 0.000000217. The summed E-state index contributed by atoms with van der Waals surface area (Å²) in [5, 5.41) is 9.66. The van der Waals surface area contributed by atoms with E-state index >= 15 is 0 Å². The third-order valence-corrected chi connectivity index (χ3v) is 4.97. The van der Waals surface area contributed by atoms with Crippen LogP contribution in [0.15, 0.2) is 0 Å². The van der Waals surface area contributed by atoms with Crippen LogP contribution in [-0.2, 0) is 0 Å². The topological polar surface area (TPSA) is 72.3 Å². The molecule has 0 bridgehead atoms. The third kappa shape index (κ3) is 6.11. The number of rotatable bonds is 2. The average Bonchev–Trinajstić information content (AvgIpc) is 2.37. The first-order chi connectivity index (χ1) is 9.30. The molecule has 2 unspecified atom stereocenters. The molecule has 0 aliphatic heterocycles. The van der Waals surface area contributed by atoms with Gasteiger partial charge in [0, 0.05) is 0 Å². The summed E-state index contributed by atoms with van der Waals surface area (Å²) in [7, 11) is 0. The summed E-state index contributed by atoms with van der Waals surface area (Å²) >= 11 is 0. The Bertz CT molecular complexity index is 274. The van der Waals surface area contributed by atoms with E-state index in [9.17, 15) is 5.11 Å². The first-order valence-corrected chi connectivity index (χ1v) is 8.38. The minimum absolute atomic E-state index is 0.151. The van der Waals surface area contributed by atoms with E-state index in [1.807, 2.05) is 0 Å². The van der Waals surface area contributed by atoms with Crippen molar-refractivity contribution in [1.29, 1.82) is 0 Å². The van der Waals surface area contributed by atoms with Gasteiger partial charge < -0.3 is 16.6 Å². The molecule has 0 aromatic heterocycles. The van der Waals surface area contributed by atoms with Gasteiger partial charge in [0.05, 0.1) is 6.10 Å². The second kappa shape index (κ2) is 7.77. The van der Waals surface area contributed by atoms with Gasteiger partial charge in [0.15, 0.2) is 0 Å². The molecule has 3 heteroatoms. The van der Waals surface area contributed by atoms with Crippen LogP contribution in [0.3, 0.4) is 0 Å². The molecule has 2 saturated carbocycles. The van der Waals surface area contributed by atoms with E-state index in [1.54, 1.807) is 0 Å². The summed E-state index contributed by atoms with van der Waals surface area (Å²) in [5.41, 5.74) is 11.6. The fraction of sp³-hybridized carbons (Fsp3) is 1.00. The molecule has 2 aliphatic rings. The molecule has 0 spiro atoms. The SMILES string of the molecule is CC1(C)CC(O)CC(C)(CN)C1.NCC1CCCCC1. The monoisotopic (exact) mass is 284 g/mol. The third-order valence-electron chi connectivity index (χ3n) is 4.97. The van der Waals surface area contributed by atoms with Crippen molar-refractivity contribution in [1.82, 2.24) is 0 Å². The Morgan fingerprint density at radius 1 is 1.00 bits per heavy atom. The van der Waals surface area contributed by atoms with Crippen molar-refractivity contribution in [2.75, 3.05) is 13.1 Å². The van der Waals surface area contributed by atoms with Crippen molar-refractivity contribution in [3.8, 4) is 0 Å². The van der Waals surface area contributed by atoms with Gasteiger partial charge in [-0.1, -0.05) is 40.0 Å². The maximum absolute atomic E-state index is 9.66. The van der Waals surface area contributed by atoms with E-state index in [0.29, 0.717) is 6.54 Å². The summed E-state index contributed by atoms with van der Waals surface area (Å²) in [5.74, 6) is 0.865. The fourth-order valence-electron chi connectivity index (χ4n) is 4.16.